The lowest BCUT2D eigenvalue weighted by atomic mass is 10.1. The molecule has 0 aliphatic heterocycles. The molecule has 2 rings (SSSR count). The molecule has 0 saturated carbocycles. The van der Waals surface area contributed by atoms with Crippen LogP contribution in [0.2, 0.25) is 0 Å². The van der Waals surface area contributed by atoms with Gasteiger partial charge in [-0.2, -0.15) is 0 Å². The molecule has 0 radical (unpaired) electrons. The van der Waals surface area contributed by atoms with Gasteiger partial charge in [0.15, 0.2) is 0 Å². The fourth-order valence-electron chi connectivity index (χ4n) is 2.12. The van der Waals surface area contributed by atoms with Crippen LogP contribution >= 0.6 is 0 Å². The number of rotatable bonds is 5. The minimum atomic E-state index is -0.516. The Morgan fingerprint density at radius 1 is 1.50 bits per heavy atom. The molecule has 0 aromatic carbocycles. The fourth-order valence-corrected chi connectivity index (χ4v) is 2.12. The number of nitrogens with one attached hydrogen (secondary N) is 1. The van der Waals surface area contributed by atoms with E-state index in [0.29, 0.717) is 17.1 Å². The summed E-state index contributed by atoms with van der Waals surface area (Å²) in [4.78, 5) is 15.4. The summed E-state index contributed by atoms with van der Waals surface area (Å²) in [7, 11) is 0. The van der Waals surface area contributed by atoms with Crippen LogP contribution in [0.4, 0.5) is 11.5 Å². The molecule has 0 fully saturated rings. The van der Waals surface area contributed by atoms with Gasteiger partial charge in [-0.15, -0.1) is 0 Å². The smallest absolute Gasteiger partial charge is 0.252 e. The number of hydrogen-bond acceptors (Lipinski definition) is 4. The molecule has 0 spiro atoms. The zero-order valence-electron chi connectivity index (χ0n) is 10.3. The summed E-state index contributed by atoms with van der Waals surface area (Å²) >= 11 is 0. The number of amides is 1. The molecule has 5 heteroatoms. The molecule has 1 heterocycles. The van der Waals surface area contributed by atoms with Gasteiger partial charge in [0, 0.05) is 6.54 Å². The van der Waals surface area contributed by atoms with Crippen LogP contribution in [0.1, 0.15) is 36.0 Å². The third-order valence-corrected chi connectivity index (χ3v) is 3.05. The highest BCUT2D eigenvalue weighted by atomic mass is 16.1. The van der Waals surface area contributed by atoms with E-state index in [2.05, 4.69) is 16.4 Å². The maximum Gasteiger partial charge on any atom is 0.252 e. The van der Waals surface area contributed by atoms with Gasteiger partial charge < -0.3 is 16.8 Å². The van der Waals surface area contributed by atoms with E-state index in [4.69, 9.17) is 11.5 Å². The number of primary amides is 1. The minimum Gasteiger partial charge on any atom is -0.397 e. The number of pyridine rings is 1. The van der Waals surface area contributed by atoms with Crippen molar-refractivity contribution < 1.29 is 4.79 Å². The average Bonchev–Trinajstić information content (AvgIpc) is 2.84. The lowest BCUT2D eigenvalue weighted by Gasteiger charge is -2.09. The van der Waals surface area contributed by atoms with Gasteiger partial charge in [0.25, 0.3) is 5.91 Å². The lowest BCUT2D eigenvalue weighted by molar-refractivity contribution is 0.100. The molecule has 0 unspecified atom stereocenters. The topological polar surface area (TPSA) is 94.0 Å². The standard InChI is InChI=1S/C13H18N4O/c14-10-7-11(12(15)18)13(17-8-10)16-6-5-9-3-1-2-4-9/h3,7-8H,1-2,4-6,14H2,(H2,15,18)(H,16,17). The monoisotopic (exact) mass is 246 g/mol. The highest BCUT2D eigenvalue weighted by molar-refractivity contribution is 5.98. The van der Waals surface area contributed by atoms with Crippen molar-refractivity contribution in [3.63, 3.8) is 0 Å². The molecule has 1 aromatic heterocycles. The summed E-state index contributed by atoms with van der Waals surface area (Å²) in [5.74, 6) is -0.00678. The third kappa shape index (κ3) is 3.00. The number of carbonyl (C=O) groups is 1. The molecule has 1 aliphatic carbocycles. The Morgan fingerprint density at radius 2 is 2.33 bits per heavy atom. The van der Waals surface area contributed by atoms with Crippen molar-refractivity contribution >= 4 is 17.4 Å². The molecule has 0 atom stereocenters. The van der Waals surface area contributed by atoms with Crippen molar-refractivity contribution in [3.8, 4) is 0 Å². The molecule has 18 heavy (non-hydrogen) atoms. The Hall–Kier alpha value is -2.04. The van der Waals surface area contributed by atoms with Gasteiger partial charge in [-0.1, -0.05) is 11.6 Å². The van der Waals surface area contributed by atoms with Gasteiger partial charge in [-0.3, -0.25) is 4.79 Å². The van der Waals surface area contributed by atoms with Gasteiger partial charge in [0.05, 0.1) is 17.4 Å². The summed E-state index contributed by atoms with van der Waals surface area (Å²) in [5.41, 5.74) is 13.1. The van der Waals surface area contributed by atoms with Gasteiger partial charge in [0.2, 0.25) is 0 Å². The van der Waals surface area contributed by atoms with Gasteiger partial charge in [0.1, 0.15) is 5.82 Å². The first-order valence-corrected chi connectivity index (χ1v) is 6.14. The van der Waals surface area contributed by atoms with E-state index in [1.165, 1.54) is 31.0 Å². The first-order chi connectivity index (χ1) is 8.66. The van der Waals surface area contributed by atoms with E-state index in [9.17, 15) is 4.79 Å². The molecule has 1 aliphatic rings. The fraction of sp³-hybridized carbons (Fsp3) is 0.385. The number of anilines is 2. The molecule has 0 saturated heterocycles. The van der Waals surface area contributed by atoms with E-state index >= 15 is 0 Å². The first-order valence-electron chi connectivity index (χ1n) is 6.14. The first kappa shape index (κ1) is 12.4. The molecule has 96 valence electrons. The van der Waals surface area contributed by atoms with E-state index < -0.39 is 5.91 Å². The van der Waals surface area contributed by atoms with Crippen molar-refractivity contribution in [2.75, 3.05) is 17.6 Å². The second-order valence-electron chi connectivity index (χ2n) is 4.46. The van der Waals surface area contributed by atoms with Gasteiger partial charge in [-0.25, -0.2) is 4.98 Å². The molecular weight excluding hydrogens is 228 g/mol. The van der Waals surface area contributed by atoms with Gasteiger partial charge >= 0.3 is 0 Å². The van der Waals surface area contributed by atoms with E-state index in [1.807, 2.05) is 0 Å². The van der Waals surface area contributed by atoms with Crippen LogP contribution in [0.5, 0.6) is 0 Å². The number of nitrogens with two attached hydrogens (primary N) is 2. The summed E-state index contributed by atoms with van der Waals surface area (Å²) in [5, 5.41) is 3.14. The van der Waals surface area contributed by atoms with Crippen LogP contribution < -0.4 is 16.8 Å². The maximum atomic E-state index is 11.3. The number of nitrogens with zero attached hydrogens (tertiary/aromatic N) is 1. The predicted molar refractivity (Wildman–Crippen MR) is 72.2 cm³/mol. The van der Waals surface area contributed by atoms with Crippen LogP contribution in [-0.2, 0) is 0 Å². The number of nitrogen functional groups attached to an aromatic ring is 1. The van der Waals surface area contributed by atoms with Gasteiger partial charge in [-0.05, 0) is 31.7 Å². The average molecular weight is 246 g/mol. The van der Waals surface area contributed by atoms with Crippen molar-refractivity contribution in [1.29, 1.82) is 0 Å². The SMILES string of the molecule is NC(=O)c1cc(N)cnc1NCCC1=CCCC1. The van der Waals surface area contributed by atoms with Crippen LogP contribution in [-0.4, -0.2) is 17.4 Å². The van der Waals surface area contributed by atoms with Crippen LogP contribution in [0.3, 0.4) is 0 Å². The summed E-state index contributed by atoms with van der Waals surface area (Å²) < 4.78 is 0. The summed E-state index contributed by atoms with van der Waals surface area (Å²) in [6.07, 6.45) is 8.39. The van der Waals surface area contributed by atoms with E-state index in [0.717, 1.165) is 13.0 Å². The Kier molecular flexibility index (Phi) is 3.82. The quantitative estimate of drug-likeness (QED) is 0.689. The van der Waals surface area contributed by atoms with E-state index in [1.54, 1.807) is 6.07 Å². The van der Waals surface area contributed by atoms with Crippen LogP contribution in [0.15, 0.2) is 23.9 Å². The highest BCUT2D eigenvalue weighted by Crippen LogP contribution is 2.21. The summed E-state index contributed by atoms with van der Waals surface area (Å²) in [6.45, 7) is 0.753. The maximum absolute atomic E-state index is 11.3. The molecular formula is C13H18N4O. The largest absolute Gasteiger partial charge is 0.397 e. The Balaban J connectivity index is 1.98. The Bertz CT molecular complexity index is 482. The normalized spacial score (nSPS) is 14.3. The minimum absolute atomic E-state index is 0.343. The Morgan fingerprint density at radius 3 is 3.00 bits per heavy atom. The zero-order chi connectivity index (χ0) is 13.0. The molecule has 1 amide bonds. The van der Waals surface area contributed by atoms with Crippen LogP contribution in [0.25, 0.3) is 0 Å². The third-order valence-electron chi connectivity index (χ3n) is 3.05. The summed E-state index contributed by atoms with van der Waals surface area (Å²) in [6, 6.07) is 1.55. The second-order valence-corrected chi connectivity index (χ2v) is 4.46. The van der Waals surface area contributed by atoms with Crippen molar-refractivity contribution in [2.45, 2.75) is 25.7 Å². The molecule has 1 aromatic rings. The number of carbonyl (C=O) groups excluding carboxylic acids is 1. The van der Waals surface area contributed by atoms with Crippen molar-refractivity contribution in [2.24, 2.45) is 5.73 Å². The van der Waals surface area contributed by atoms with Crippen LogP contribution in [0, 0.1) is 0 Å². The van der Waals surface area contributed by atoms with Crippen molar-refractivity contribution in [1.82, 2.24) is 4.98 Å². The second kappa shape index (κ2) is 5.53. The van der Waals surface area contributed by atoms with Crippen molar-refractivity contribution in [3.05, 3.63) is 29.5 Å². The number of allylic oxidation sites excluding steroid dienone is 1. The molecule has 5 nitrogen and oxygen atoms in total. The Labute approximate surface area is 106 Å². The van der Waals surface area contributed by atoms with E-state index in [-0.39, 0.29) is 0 Å². The number of hydrogen-bond donors (Lipinski definition) is 3. The zero-order valence-corrected chi connectivity index (χ0v) is 10.3. The molecule has 0 bridgehead atoms. The lowest BCUT2D eigenvalue weighted by Crippen LogP contribution is -2.16. The highest BCUT2D eigenvalue weighted by Gasteiger charge is 2.10. The predicted octanol–water partition coefficient (Wildman–Crippen LogP) is 1.67. The number of aromatic nitrogens is 1. The molecule has 5 N–H and O–H groups in total.